The summed E-state index contributed by atoms with van der Waals surface area (Å²) in [6.45, 7) is 4.53. The van der Waals surface area contributed by atoms with Crippen LogP contribution < -0.4 is 0 Å². The maximum atomic E-state index is 14.2. The van der Waals surface area contributed by atoms with E-state index in [9.17, 15) is 18.7 Å². The summed E-state index contributed by atoms with van der Waals surface area (Å²) in [6, 6.07) is 13.4. The minimum absolute atomic E-state index is 0.152. The molecule has 3 fully saturated rings. The van der Waals surface area contributed by atoms with Gasteiger partial charge in [0.05, 0.1) is 0 Å². The Bertz CT molecular complexity index is 1060. The Morgan fingerprint density at radius 2 is 1.67 bits per heavy atom. The lowest BCUT2D eigenvalue weighted by Gasteiger charge is -2.35. The van der Waals surface area contributed by atoms with Crippen molar-refractivity contribution in [3.8, 4) is 0 Å². The average molecular weight is 539 g/mol. The molecular weight excluding hydrogens is 494 g/mol. The highest BCUT2D eigenvalue weighted by atomic mass is 19.1. The van der Waals surface area contributed by atoms with Gasteiger partial charge in [0.25, 0.3) is 0 Å². The lowest BCUT2D eigenvalue weighted by atomic mass is 9.86. The van der Waals surface area contributed by atoms with Crippen LogP contribution in [-0.4, -0.2) is 59.6 Å². The van der Waals surface area contributed by atoms with E-state index >= 15 is 0 Å². The number of piperidine rings is 1. The van der Waals surface area contributed by atoms with Gasteiger partial charge in [-0.1, -0.05) is 56.4 Å². The smallest absolute Gasteiger partial charge is 0.320 e. The standard InChI is InChI=1S/C33H44F2N2O2/c34-29-13-11-24(12-14-29)7-3-8-25-15-17-36(18-16-25)21-28-22-37(23-31(28)27-9-4-10-30(35)20-27)32(33(38)39)19-26-5-1-2-6-26/h4,9-14,20,25-26,28,31-32H,1-3,5-8,15-19,21-23H2,(H,38,39)/t28-,31+,32+/m0/s1. The van der Waals surface area contributed by atoms with Gasteiger partial charge in [-0.05, 0) is 98.3 Å². The quantitative estimate of drug-likeness (QED) is 0.344. The molecule has 1 saturated carbocycles. The second kappa shape index (κ2) is 13.4. The van der Waals surface area contributed by atoms with Gasteiger partial charge in [-0.15, -0.1) is 0 Å². The Morgan fingerprint density at radius 1 is 0.923 bits per heavy atom. The van der Waals surface area contributed by atoms with Gasteiger partial charge in [-0.2, -0.15) is 0 Å². The maximum absolute atomic E-state index is 14.2. The number of hydrogen-bond donors (Lipinski definition) is 1. The number of halogens is 2. The molecule has 2 aromatic rings. The molecular formula is C33H44F2N2O2. The number of rotatable bonds is 11. The van der Waals surface area contributed by atoms with Crippen molar-refractivity contribution in [3.63, 3.8) is 0 Å². The zero-order valence-corrected chi connectivity index (χ0v) is 23.1. The van der Waals surface area contributed by atoms with E-state index in [1.165, 1.54) is 43.7 Å². The van der Waals surface area contributed by atoms with Gasteiger partial charge in [-0.3, -0.25) is 9.69 Å². The van der Waals surface area contributed by atoms with E-state index in [0.717, 1.165) is 69.8 Å². The predicted molar refractivity (Wildman–Crippen MR) is 151 cm³/mol. The number of likely N-dealkylation sites (tertiary alicyclic amines) is 2. The number of nitrogens with zero attached hydrogens (tertiary/aromatic N) is 2. The highest BCUT2D eigenvalue weighted by Crippen LogP contribution is 2.38. The molecule has 2 saturated heterocycles. The van der Waals surface area contributed by atoms with E-state index in [1.54, 1.807) is 24.3 Å². The van der Waals surface area contributed by atoms with E-state index in [0.29, 0.717) is 18.4 Å². The normalized spacial score (nSPS) is 24.4. The van der Waals surface area contributed by atoms with Crippen molar-refractivity contribution in [1.82, 2.24) is 9.80 Å². The van der Waals surface area contributed by atoms with Crippen molar-refractivity contribution in [1.29, 1.82) is 0 Å². The van der Waals surface area contributed by atoms with Crippen LogP contribution in [0, 0.1) is 29.4 Å². The molecule has 212 valence electrons. The van der Waals surface area contributed by atoms with Crippen molar-refractivity contribution >= 4 is 5.97 Å². The molecule has 1 aliphatic carbocycles. The van der Waals surface area contributed by atoms with Gasteiger partial charge in [0.1, 0.15) is 17.7 Å². The molecule has 0 aromatic heterocycles. The lowest BCUT2D eigenvalue weighted by molar-refractivity contribution is -0.143. The molecule has 0 bridgehead atoms. The fourth-order valence-corrected chi connectivity index (χ4v) is 7.46. The molecule has 6 heteroatoms. The van der Waals surface area contributed by atoms with Crippen LogP contribution in [-0.2, 0) is 11.2 Å². The Morgan fingerprint density at radius 3 is 2.36 bits per heavy atom. The zero-order valence-electron chi connectivity index (χ0n) is 23.1. The van der Waals surface area contributed by atoms with Gasteiger partial charge < -0.3 is 10.0 Å². The number of carbonyl (C=O) groups is 1. The molecule has 0 radical (unpaired) electrons. The SMILES string of the molecule is O=C(O)[C@@H](CC1CCCC1)N1C[C@H](CN2CCC(CCCc3ccc(F)cc3)CC2)[C@@H](c2cccc(F)c2)C1. The molecule has 2 aliphatic heterocycles. The third-order valence-electron chi connectivity index (χ3n) is 9.69. The third-order valence-corrected chi connectivity index (χ3v) is 9.69. The van der Waals surface area contributed by atoms with Gasteiger partial charge in [0, 0.05) is 25.6 Å². The van der Waals surface area contributed by atoms with Crippen molar-refractivity contribution < 1.29 is 18.7 Å². The van der Waals surface area contributed by atoms with Crippen molar-refractivity contribution in [2.24, 2.45) is 17.8 Å². The monoisotopic (exact) mass is 538 g/mol. The Hall–Kier alpha value is -2.31. The second-order valence-electron chi connectivity index (χ2n) is 12.4. The van der Waals surface area contributed by atoms with Gasteiger partial charge in [0.2, 0.25) is 0 Å². The number of benzene rings is 2. The van der Waals surface area contributed by atoms with Crippen LogP contribution in [0.1, 0.15) is 74.8 Å². The van der Waals surface area contributed by atoms with E-state index in [2.05, 4.69) is 9.80 Å². The first-order chi connectivity index (χ1) is 18.9. The second-order valence-corrected chi connectivity index (χ2v) is 12.4. The van der Waals surface area contributed by atoms with E-state index in [-0.39, 0.29) is 17.6 Å². The van der Waals surface area contributed by atoms with E-state index in [4.69, 9.17) is 0 Å². The molecule has 3 aliphatic rings. The molecule has 4 nitrogen and oxygen atoms in total. The zero-order chi connectivity index (χ0) is 27.2. The van der Waals surface area contributed by atoms with Crippen molar-refractivity contribution in [3.05, 3.63) is 71.3 Å². The minimum atomic E-state index is -0.706. The van der Waals surface area contributed by atoms with Crippen LogP contribution in [0.15, 0.2) is 48.5 Å². The summed E-state index contributed by atoms with van der Waals surface area (Å²) in [5, 5.41) is 10.2. The first kappa shape index (κ1) is 28.2. The van der Waals surface area contributed by atoms with E-state index < -0.39 is 12.0 Å². The Labute approximate surface area is 232 Å². The first-order valence-electron chi connectivity index (χ1n) is 15.1. The molecule has 0 amide bonds. The molecule has 5 rings (SSSR count). The molecule has 1 N–H and O–H groups in total. The van der Waals surface area contributed by atoms with Gasteiger partial charge in [-0.25, -0.2) is 8.78 Å². The Kier molecular flexibility index (Phi) is 9.67. The third kappa shape index (κ3) is 7.67. The van der Waals surface area contributed by atoms with Crippen LogP contribution in [0.3, 0.4) is 0 Å². The summed E-state index contributed by atoms with van der Waals surface area (Å²) >= 11 is 0. The molecule has 3 atom stereocenters. The number of aryl methyl sites for hydroxylation is 1. The topological polar surface area (TPSA) is 43.8 Å². The fraction of sp³-hybridized carbons (Fsp3) is 0.606. The number of carboxylic acids is 1. The summed E-state index contributed by atoms with van der Waals surface area (Å²) in [6.07, 6.45) is 11.2. The van der Waals surface area contributed by atoms with Crippen LogP contribution in [0.5, 0.6) is 0 Å². The van der Waals surface area contributed by atoms with Crippen molar-refractivity contribution in [2.75, 3.05) is 32.7 Å². The molecule has 2 heterocycles. The fourth-order valence-electron chi connectivity index (χ4n) is 7.46. The number of aliphatic carboxylic acids is 1. The van der Waals surface area contributed by atoms with Crippen LogP contribution in [0.25, 0.3) is 0 Å². The molecule has 0 spiro atoms. The van der Waals surface area contributed by atoms with Gasteiger partial charge in [0.15, 0.2) is 0 Å². The molecule has 0 unspecified atom stereocenters. The van der Waals surface area contributed by atoms with E-state index in [1.807, 2.05) is 18.2 Å². The number of hydrogen-bond acceptors (Lipinski definition) is 3. The summed E-state index contributed by atoms with van der Waals surface area (Å²) in [7, 11) is 0. The van der Waals surface area contributed by atoms with Crippen LogP contribution in [0.2, 0.25) is 0 Å². The van der Waals surface area contributed by atoms with Crippen LogP contribution >= 0.6 is 0 Å². The largest absolute Gasteiger partial charge is 0.480 e. The summed E-state index contributed by atoms with van der Waals surface area (Å²) in [5.74, 6) is 0.590. The minimum Gasteiger partial charge on any atom is -0.480 e. The average Bonchev–Trinajstić information content (AvgIpc) is 3.59. The van der Waals surface area contributed by atoms with Gasteiger partial charge >= 0.3 is 5.97 Å². The maximum Gasteiger partial charge on any atom is 0.320 e. The molecule has 39 heavy (non-hydrogen) atoms. The Balaban J connectivity index is 1.17. The summed E-state index contributed by atoms with van der Waals surface area (Å²) in [5.41, 5.74) is 2.21. The predicted octanol–water partition coefficient (Wildman–Crippen LogP) is 6.75. The molecule has 2 aromatic carbocycles. The highest BCUT2D eigenvalue weighted by molar-refractivity contribution is 5.73. The highest BCUT2D eigenvalue weighted by Gasteiger charge is 2.41. The lowest BCUT2D eigenvalue weighted by Crippen LogP contribution is -2.42. The summed E-state index contributed by atoms with van der Waals surface area (Å²) < 4.78 is 27.3. The number of carboxylic acid groups (broad SMARTS) is 1. The first-order valence-corrected chi connectivity index (χ1v) is 15.1. The van der Waals surface area contributed by atoms with Crippen LogP contribution in [0.4, 0.5) is 8.78 Å². The summed E-state index contributed by atoms with van der Waals surface area (Å²) in [4.78, 5) is 17.1. The van der Waals surface area contributed by atoms with Crippen molar-refractivity contribution in [2.45, 2.75) is 76.2 Å².